The molecule has 1 amide bonds. The molecular weight excluding hydrogens is 511 g/mol. The summed E-state index contributed by atoms with van der Waals surface area (Å²) in [4.78, 5) is 12.5. The molecule has 3 aromatic rings. The number of benzene rings is 1. The van der Waals surface area contributed by atoms with Gasteiger partial charge in [0.2, 0.25) is 0 Å². The molecule has 0 bridgehead atoms. The quantitative estimate of drug-likeness (QED) is 0.324. The molecule has 0 saturated heterocycles. The SMILES string of the molecule is CCOP(OCC)C(F)(F)c1sc2ccc(C(=O)NC(C)c3cccnn3)cc2c1Br. The Morgan fingerprint density at radius 1 is 1.29 bits per heavy atom. The van der Waals surface area contributed by atoms with Crippen LogP contribution in [0.5, 0.6) is 0 Å². The van der Waals surface area contributed by atoms with Gasteiger partial charge in [0, 0.05) is 26.3 Å². The molecule has 0 aliphatic carbocycles. The van der Waals surface area contributed by atoms with Gasteiger partial charge in [-0.15, -0.1) is 11.3 Å². The summed E-state index contributed by atoms with van der Waals surface area (Å²) in [5, 5.41) is 11.2. The molecule has 6 nitrogen and oxygen atoms in total. The molecule has 2 heterocycles. The van der Waals surface area contributed by atoms with Gasteiger partial charge in [-0.25, -0.2) is 0 Å². The van der Waals surface area contributed by atoms with Crippen molar-refractivity contribution in [1.29, 1.82) is 0 Å². The number of nitrogens with one attached hydrogen (secondary N) is 1. The highest BCUT2D eigenvalue weighted by atomic mass is 79.9. The molecule has 3 rings (SSSR count). The van der Waals surface area contributed by atoms with E-state index in [1.54, 1.807) is 57.3 Å². The van der Waals surface area contributed by atoms with Crippen molar-refractivity contribution < 1.29 is 22.6 Å². The zero-order chi connectivity index (χ0) is 22.6. The normalized spacial score (nSPS) is 13.0. The lowest BCUT2D eigenvalue weighted by molar-refractivity contribution is 0.0600. The van der Waals surface area contributed by atoms with E-state index >= 15 is 8.78 Å². The first-order valence-corrected chi connectivity index (χ1v) is 12.3. The van der Waals surface area contributed by atoms with Crippen LogP contribution in [0.25, 0.3) is 10.1 Å². The van der Waals surface area contributed by atoms with Gasteiger partial charge in [-0.3, -0.25) is 4.79 Å². The number of hydrogen-bond donors (Lipinski definition) is 1. The molecule has 1 N–H and O–H groups in total. The van der Waals surface area contributed by atoms with E-state index in [4.69, 9.17) is 9.05 Å². The Morgan fingerprint density at radius 3 is 2.61 bits per heavy atom. The second kappa shape index (κ2) is 10.4. The Labute approximate surface area is 192 Å². The lowest BCUT2D eigenvalue weighted by Crippen LogP contribution is -2.27. The summed E-state index contributed by atoms with van der Waals surface area (Å²) in [6.45, 7) is 5.34. The van der Waals surface area contributed by atoms with Crippen LogP contribution in [0.1, 0.15) is 47.7 Å². The van der Waals surface area contributed by atoms with Crippen molar-refractivity contribution in [2.24, 2.45) is 0 Å². The molecule has 0 spiro atoms. The average Bonchev–Trinajstić information content (AvgIpc) is 3.11. The van der Waals surface area contributed by atoms with E-state index in [0.29, 0.717) is 21.3 Å². The molecule has 0 aliphatic rings. The maximum Gasteiger partial charge on any atom is 0.349 e. The second-order valence-electron chi connectivity index (χ2n) is 6.43. The zero-order valence-corrected chi connectivity index (χ0v) is 20.4. The number of carbonyl (C=O) groups is 1. The van der Waals surface area contributed by atoms with Crippen molar-refractivity contribution >= 4 is 51.6 Å². The molecule has 1 unspecified atom stereocenters. The van der Waals surface area contributed by atoms with E-state index < -0.39 is 14.0 Å². The van der Waals surface area contributed by atoms with E-state index in [-0.39, 0.29) is 34.5 Å². The molecule has 0 fully saturated rings. The van der Waals surface area contributed by atoms with Crippen LogP contribution in [-0.2, 0) is 14.7 Å². The first kappa shape index (κ1) is 24.1. The largest absolute Gasteiger partial charge is 0.349 e. The fourth-order valence-electron chi connectivity index (χ4n) is 2.82. The van der Waals surface area contributed by atoms with E-state index in [2.05, 4.69) is 31.4 Å². The summed E-state index contributed by atoms with van der Waals surface area (Å²) < 4.78 is 41.6. The average molecular weight is 532 g/mol. The predicted molar refractivity (Wildman–Crippen MR) is 122 cm³/mol. The number of alkyl halides is 2. The molecule has 166 valence electrons. The van der Waals surface area contributed by atoms with Gasteiger partial charge in [0.15, 0.2) is 0 Å². The van der Waals surface area contributed by atoms with Gasteiger partial charge >= 0.3 is 5.66 Å². The van der Waals surface area contributed by atoms with Gasteiger partial charge in [-0.05, 0) is 67.0 Å². The van der Waals surface area contributed by atoms with Crippen LogP contribution in [0.15, 0.2) is 41.0 Å². The number of carbonyl (C=O) groups excluding carboxylic acids is 1. The Kier molecular flexibility index (Phi) is 8.04. The minimum absolute atomic E-state index is 0.123. The summed E-state index contributed by atoms with van der Waals surface area (Å²) in [5.41, 5.74) is -2.32. The molecule has 2 aromatic heterocycles. The fourth-order valence-corrected chi connectivity index (χ4v) is 6.38. The number of amides is 1. The minimum atomic E-state index is -3.30. The number of aromatic nitrogens is 2. The third kappa shape index (κ3) is 5.26. The molecule has 0 saturated carbocycles. The Balaban J connectivity index is 1.89. The predicted octanol–water partition coefficient (Wildman–Crippen LogP) is 6.38. The number of hydrogen-bond acceptors (Lipinski definition) is 6. The van der Waals surface area contributed by atoms with E-state index in [0.717, 1.165) is 11.3 Å². The first-order valence-electron chi connectivity index (χ1n) is 9.54. The van der Waals surface area contributed by atoms with Crippen molar-refractivity contribution in [3.8, 4) is 0 Å². The molecule has 0 aliphatic heterocycles. The molecule has 11 heteroatoms. The van der Waals surface area contributed by atoms with Crippen LogP contribution < -0.4 is 5.32 Å². The standard InChI is InChI=1S/C20H21BrF2N3O3PS/c1-4-28-30(29-5-2)20(22,23)18-17(21)14-11-13(8-9-16(14)31-18)19(27)25-12(3)15-7-6-10-24-26-15/h6-12H,4-5H2,1-3H3,(H,25,27). The second-order valence-corrected chi connectivity index (χ2v) is 9.87. The minimum Gasteiger partial charge on any atom is -0.344 e. The summed E-state index contributed by atoms with van der Waals surface area (Å²) in [6.07, 6.45) is 1.55. The first-order chi connectivity index (χ1) is 14.8. The Morgan fingerprint density at radius 2 is 2.00 bits per heavy atom. The van der Waals surface area contributed by atoms with E-state index in [1.165, 1.54) is 0 Å². The number of halogens is 3. The van der Waals surface area contributed by atoms with Crippen LogP contribution in [0.4, 0.5) is 8.78 Å². The lowest BCUT2D eigenvalue weighted by atomic mass is 10.1. The van der Waals surface area contributed by atoms with Crippen LogP contribution >= 0.6 is 35.6 Å². The number of rotatable bonds is 9. The summed E-state index contributed by atoms with van der Waals surface area (Å²) in [5.74, 6) is -0.336. The monoisotopic (exact) mass is 531 g/mol. The summed E-state index contributed by atoms with van der Waals surface area (Å²) in [6, 6.07) is 8.01. The molecule has 31 heavy (non-hydrogen) atoms. The maximum absolute atomic E-state index is 15.2. The fraction of sp³-hybridized carbons (Fsp3) is 0.350. The Hall–Kier alpha value is -1.58. The van der Waals surface area contributed by atoms with Gasteiger partial charge in [-0.2, -0.15) is 19.0 Å². The number of thiophene rings is 1. The van der Waals surface area contributed by atoms with Crippen LogP contribution in [0.3, 0.4) is 0 Å². The van der Waals surface area contributed by atoms with Gasteiger partial charge < -0.3 is 14.4 Å². The van der Waals surface area contributed by atoms with Crippen molar-refractivity contribution in [2.75, 3.05) is 13.2 Å². The van der Waals surface area contributed by atoms with Crippen LogP contribution in [-0.4, -0.2) is 29.3 Å². The molecular formula is C20H21BrF2N3O3PS. The maximum atomic E-state index is 15.2. The van der Waals surface area contributed by atoms with Gasteiger partial charge in [-0.1, -0.05) is 0 Å². The topological polar surface area (TPSA) is 73.3 Å². The Bertz CT molecular complexity index is 1050. The highest BCUT2D eigenvalue weighted by Gasteiger charge is 2.48. The number of nitrogens with zero attached hydrogens (tertiary/aromatic N) is 2. The van der Waals surface area contributed by atoms with Crippen molar-refractivity contribution in [1.82, 2.24) is 15.5 Å². The van der Waals surface area contributed by atoms with Gasteiger partial charge in [0.1, 0.15) is 0 Å². The summed E-state index contributed by atoms with van der Waals surface area (Å²) in [7, 11) is -2.44. The lowest BCUT2D eigenvalue weighted by Gasteiger charge is -2.24. The van der Waals surface area contributed by atoms with Gasteiger partial charge in [0.05, 0.1) is 29.8 Å². The van der Waals surface area contributed by atoms with Crippen LogP contribution in [0, 0.1) is 0 Å². The van der Waals surface area contributed by atoms with Crippen molar-refractivity contribution in [3.05, 3.63) is 57.1 Å². The molecule has 1 atom stereocenters. The van der Waals surface area contributed by atoms with E-state index in [1.807, 2.05) is 0 Å². The number of fused-ring (bicyclic) bond motifs is 1. The van der Waals surface area contributed by atoms with Crippen molar-refractivity contribution in [3.63, 3.8) is 0 Å². The van der Waals surface area contributed by atoms with Crippen LogP contribution in [0.2, 0.25) is 0 Å². The summed E-state index contributed by atoms with van der Waals surface area (Å²) >= 11 is 4.26. The van der Waals surface area contributed by atoms with Gasteiger partial charge in [0.25, 0.3) is 14.3 Å². The van der Waals surface area contributed by atoms with Crippen molar-refractivity contribution in [2.45, 2.75) is 32.5 Å². The third-order valence-electron chi connectivity index (χ3n) is 4.27. The zero-order valence-electron chi connectivity index (χ0n) is 17.1. The smallest absolute Gasteiger partial charge is 0.344 e. The molecule has 0 radical (unpaired) electrons. The highest BCUT2D eigenvalue weighted by molar-refractivity contribution is 9.10. The molecule has 1 aromatic carbocycles. The van der Waals surface area contributed by atoms with E-state index in [9.17, 15) is 4.79 Å². The highest BCUT2D eigenvalue weighted by Crippen LogP contribution is 2.63. The third-order valence-corrected chi connectivity index (χ3v) is 8.41.